The van der Waals surface area contributed by atoms with Crippen molar-refractivity contribution in [1.82, 2.24) is 4.98 Å². The molecule has 0 unspecified atom stereocenters. The van der Waals surface area contributed by atoms with Crippen LogP contribution in [0.25, 0.3) is 6.08 Å². The number of nitrogens with zero attached hydrogens (tertiary/aromatic N) is 1. The van der Waals surface area contributed by atoms with Crippen molar-refractivity contribution in [3.05, 3.63) is 84.1 Å². The van der Waals surface area contributed by atoms with Gasteiger partial charge in [0.25, 0.3) is 0 Å². The summed E-state index contributed by atoms with van der Waals surface area (Å²) in [7, 11) is 1.48. The topological polar surface area (TPSA) is 71.5 Å². The van der Waals surface area contributed by atoms with Gasteiger partial charge in [0.2, 0.25) is 0 Å². The minimum atomic E-state index is -0.188. The summed E-state index contributed by atoms with van der Waals surface area (Å²) < 4.78 is 5.01. The number of hydrogen-bond acceptors (Lipinski definition) is 5. The maximum atomic E-state index is 12.6. The number of hydrogen-bond donors (Lipinski definition) is 2. The Morgan fingerprint density at radius 3 is 2.65 bits per heavy atom. The minimum absolute atomic E-state index is 0.0231. The molecule has 0 fully saturated rings. The molecule has 0 spiro atoms. The number of allylic oxidation sites excluding steroid dienone is 1. The number of methoxy groups -OCH3 is 1. The molecule has 3 aromatic rings. The predicted octanol–water partition coefficient (Wildman–Crippen LogP) is 4.44. The molecule has 26 heavy (non-hydrogen) atoms. The molecule has 1 aromatic heterocycles. The van der Waals surface area contributed by atoms with Gasteiger partial charge in [-0.15, -0.1) is 0 Å². The quantitative estimate of drug-likeness (QED) is 0.510. The fraction of sp³-hybridized carbons (Fsp3) is 0.0476. The maximum absolute atomic E-state index is 12.6. The summed E-state index contributed by atoms with van der Waals surface area (Å²) in [6, 6.07) is 17.9. The highest BCUT2D eigenvalue weighted by Crippen LogP contribution is 2.27. The van der Waals surface area contributed by atoms with Gasteiger partial charge in [0.15, 0.2) is 17.3 Å². The number of benzene rings is 2. The highest BCUT2D eigenvalue weighted by atomic mass is 16.5. The average molecular weight is 346 g/mol. The highest BCUT2D eigenvalue weighted by molar-refractivity contribution is 6.10. The second-order valence-corrected chi connectivity index (χ2v) is 5.52. The zero-order valence-corrected chi connectivity index (χ0v) is 14.2. The smallest absolute Gasteiger partial charge is 0.189 e. The molecule has 5 heteroatoms. The number of rotatable bonds is 6. The first-order chi connectivity index (χ1) is 12.7. The summed E-state index contributed by atoms with van der Waals surface area (Å²) in [6.07, 6.45) is 4.72. The van der Waals surface area contributed by atoms with Crippen molar-refractivity contribution in [3.8, 4) is 11.5 Å². The third-order valence-electron chi connectivity index (χ3n) is 3.74. The van der Waals surface area contributed by atoms with Crippen LogP contribution in [0.1, 0.15) is 15.9 Å². The van der Waals surface area contributed by atoms with Crippen molar-refractivity contribution in [2.75, 3.05) is 12.4 Å². The van der Waals surface area contributed by atoms with Crippen LogP contribution >= 0.6 is 0 Å². The van der Waals surface area contributed by atoms with E-state index in [0.29, 0.717) is 22.7 Å². The number of para-hydroxylation sites is 1. The van der Waals surface area contributed by atoms with E-state index in [9.17, 15) is 9.90 Å². The Kier molecular flexibility index (Phi) is 5.29. The Bertz CT molecular complexity index is 937. The zero-order chi connectivity index (χ0) is 18.4. The lowest BCUT2D eigenvalue weighted by Gasteiger charge is -2.08. The molecule has 2 aromatic carbocycles. The van der Waals surface area contributed by atoms with Gasteiger partial charge in [0.1, 0.15) is 5.82 Å². The van der Waals surface area contributed by atoms with Gasteiger partial charge >= 0.3 is 0 Å². The van der Waals surface area contributed by atoms with Gasteiger partial charge in [-0.1, -0.05) is 30.3 Å². The van der Waals surface area contributed by atoms with Crippen LogP contribution in [-0.4, -0.2) is 23.0 Å². The Balaban J connectivity index is 1.81. The molecule has 0 atom stereocenters. The van der Waals surface area contributed by atoms with E-state index in [2.05, 4.69) is 10.3 Å². The Morgan fingerprint density at radius 1 is 1.12 bits per heavy atom. The lowest BCUT2D eigenvalue weighted by atomic mass is 10.1. The highest BCUT2D eigenvalue weighted by Gasteiger charge is 2.10. The standard InChI is InChI=1S/C21H18N2O3/c1-26-20-12-10-15(14-19(20)25)9-11-18(24)17-8-5-13-22-21(17)23-16-6-3-2-4-7-16/h2-14,25H,1H3,(H,22,23)/b11-9+. The van der Waals surface area contributed by atoms with Crippen molar-refractivity contribution in [2.24, 2.45) is 0 Å². The lowest BCUT2D eigenvalue weighted by Crippen LogP contribution is -2.03. The van der Waals surface area contributed by atoms with E-state index in [4.69, 9.17) is 4.74 Å². The number of phenols is 1. The van der Waals surface area contributed by atoms with Gasteiger partial charge in [0, 0.05) is 11.9 Å². The Hall–Kier alpha value is -3.60. The van der Waals surface area contributed by atoms with Crippen molar-refractivity contribution in [1.29, 1.82) is 0 Å². The van der Waals surface area contributed by atoms with Gasteiger partial charge in [0.05, 0.1) is 12.7 Å². The number of anilines is 2. The van der Waals surface area contributed by atoms with Crippen molar-refractivity contribution < 1.29 is 14.6 Å². The first kappa shape index (κ1) is 17.2. The first-order valence-corrected chi connectivity index (χ1v) is 8.04. The summed E-state index contributed by atoms with van der Waals surface area (Å²) in [5.74, 6) is 0.711. The van der Waals surface area contributed by atoms with Crippen LogP contribution in [-0.2, 0) is 0 Å². The van der Waals surface area contributed by atoms with Crippen molar-refractivity contribution in [2.45, 2.75) is 0 Å². The molecule has 2 N–H and O–H groups in total. The SMILES string of the molecule is COc1ccc(/C=C/C(=O)c2cccnc2Nc2ccccc2)cc1O. The van der Waals surface area contributed by atoms with Crippen LogP contribution in [0.4, 0.5) is 11.5 Å². The Morgan fingerprint density at radius 2 is 1.92 bits per heavy atom. The first-order valence-electron chi connectivity index (χ1n) is 8.04. The largest absolute Gasteiger partial charge is 0.504 e. The molecular weight excluding hydrogens is 328 g/mol. The number of ketones is 1. The maximum Gasteiger partial charge on any atom is 0.189 e. The van der Waals surface area contributed by atoms with Crippen LogP contribution in [0.3, 0.4) is 0 Å². The number of nitrogens with one attached hydrogen (secondary N) is 1. The molecule has 0 aliphatic rings. The van der Waals surface area contributed by atoms with E-state index in [-0.39, 0.29) is 11.5 Å². The van der Waals surface area contributed by atoms with Crippen molar-refractivity contribution in [3.63, 3.8) is 0 Å². The van der Waals surface area contributed by atoms with E-state index in [0.717, 1.165) is 5.69 Å². The number of ether oxygens (including phenoxy) is 1. The van der Waals surface area contributed by atoms with Gasteiger partial charge in [-0.3, -0.25) is 4.79 Å². The van der Waals surface area contributed by atoms with Crippen LogP contribution in [0.5, 0.6) is 11.5 Å². The molecule has 5 nitrogen and oxygen atoms in total. The Labute approximate surface area is 151 Å². The lowest BCUT2D eigenvalue weighted by molar-refractivity contribution is 0.104. The van der Waals surface area contributed by atoms with Gasteiger partial charge in [-0.2, -0.15) is 0 Å². The molecule has 0 bridgehead atoms. The number of carbonyl (C=O) groups is 1. The second-order valence-electron chi connectivity index (χ2n) is 5.52. The van der Waals surface area contributed by atoms with Crippen LogP contribution in [0, 0.1) is 0 Å². The summed E-state index contributed by atoms with van der Waals surface area (Å²) in [6.45, 7) is 0. The van der Waals surface area contributed by atoms with Crippen LogP contribution in [0.2, 0.25) is 0 Å². The number of carbonyl (C=O) groups excluding carboxylic acids is 1. The fourth-order valence-corrected chi connectivity index (χ4v) is 2.43. The van der Waals surface area contributed by atoms with E-state index >= 15 is 0 Å². The molecule has 0 saturated heterocycles. The molecule has 130 valence electrons. The van der Waals surface area contributed by atoms with Crippen LogP contribution in [0.15, 0.2) is 72.9 Å². The third-order valence-corrected chi connectivity index (χ3v) is 3.74. The normalized spacial score (nSPS) is 10.7. The van der Waals surface area contributed by atoms with Crippen molar-refractivity contribution >= 4 is 23.4 Å². The monoisotopic (exact) mass is 346 g/mol. The molecule has 3 rings (SSSR count). The average Bonchev–Trinajstić information content (AvgIpc) is 2.67. The molecule has 0 saturated carbocycles. The molecule has 0 aliphatic carbocycles. The van der Waals surface area contributed by atoms with Crippen LogP contribution < -0.4 is 10.1 Å². The molecule has 1 heterocycles. The molecule has 0 amide bonds. The number of pyridine rings is 1. The third kappa shape index (κ3) is 4.08. The fourth-order valence-electron chi connectivity index (χ4n) is 2.43. The van der Waals surface area contributed by atoms with Gasteiger partial charge < -0.3 is 15.2 Å². The molecule has 0 aliphatic heterocycles. The van der Waals surface area contributed by atoms with E-state index < -0.39 is 0 Å². The minimum Gasteiger partial charge on any atom is -0.504 e. The summed E-state index contributed by atoms with van der Waals surface area (Å²) >= 11 is 0. The summed E-state index contributed by atoms with van der Waals surface area (Å²) in [4.78, 5) is 16.8. The number of aromatic nitrogens is 1. The molecular formula is C21H18N2O3. The summed E-state index contributed by atoms with van der Waals surface area (Å²) in [5.41, 5.74) is 2.01. The van der Waals surface area contributed by atoms with Gasteiger partial charge in [-0.25, -0.2) is 4.98 Å². The molecule has 0 radical (unpaired) electrons. The number of phenolic OH excluding ortho intramolecular Hbond substituents is 1. The van der Waals surface area contributed by atoms with E-state index in [1.807, 2.05) is 30.3 Å². The van der Waals surface area contributed by atoms with E-state index in [1.54, 1.807) is 36.5 Å². The summed E-state index contributed by atoms with van der Waals surface area (Å²) in [5, 5.41) is 13.0. The number of aromatic hydroxyl groups is 1. The van der Waals surface area contributed by atoms with Gasteiger partial charge in [-0.05, 0) is 48.0 Å². The predicted molar refractivity (Wildman–Crippen MR) is 102 cm³/mol. The zero-order valence-electron chi connectivity index (χ0n) is 14.2. The second kappa shape index (κ2) is 7.98. The van der Waals surface area contributed by atoms with E-state index in [1.165, 1.54) is 19.3 Å².